The fourth-order valence-corrected chi connectivity index (χ4v) is 6.27. The van der Waals surface area contributed by atoms with Crippen LogP contribution in [0.25, 0.3) is 5.69 Å². The summed E-state index contributed by atoms with van der Waals surface area (Å²) in [5.41, 5.74) is 3.66. The predicted octanol–water partition coefficient (Wildman–Crippen LogP) is 4.47. The topological polar surface area (TPSA) is 76.5 Å². The highest BCUT2D eigenvalue weighted by Crippen LogP contribution is 2.49. The average Bonchev–Trinajstić information content (AvgIpc) is 3.45. The average molecular weight is 513 g/mol. The molecule has 2 aromatic heterocycles. The summed E-state index contributed by atoms with van der Waals surface area (Å²) in [5.74, 6) is 0.620. The second kappa shape index (κ2) is 10.6. The summed E-state index contributed by atoms with van der Waals surface area (Å²) in [5, 5.41) is 9.96. The number of aryl methyl sites for hydroxylation is 1. The zero-order chi connectivity index (χ0) is 25.2. The van der Waals surface area contributed by atoms with Gasteiger partial charge in [-0.15, -0.1) is 23.1 Å². The fourth-order valence-electron chi connectivity index (χ4n) is 4.10. The molecule has 0 fully saturated rings. The first kappa shape index (κ1) is 25.5. The van der Waals surface area contributed by atoms with Crippen molar-refractivity contribution in [1.29, 1.82) is 0 Å². The number of thiophene rings is 1. The smallest absolute Gasteiger partial charge is 0.240 e. The number of aromatic nitrogens is 2. The summed E-state index contributed by atoms with van der Waals surface area (Å²) in [6.45, 7) is 9.18. The van der Waals surface area contributed by atoms with E-state index >= 15 is 0 Å². The minimum Gasteiger partial charge on any atom is -0.383 e. The van der Waals surface area contributed by atoms with Gasteiger partial charge < -0.3 is 10.1 Å². The van der Waals surface area contributed by atoms with Crippen molar-refractivity contribution in [3.63, 3.8) is 0 Å². The van der Waals surface area contributed by atoms with Crippen molar-refractivity contribution in [2.24, 2.45) is 0 Å². The lowest BCUT2D eigenvalue weighted by atomic mass is 9.88. The van der Waals surface area contributed by atoms with E-state index in [0.717, 1.165) is 22.5 Å². The van der Waals surface area contributed by atoms with Gasteiger partial charge in [0.1, 0.15) is 12.4 Å². The largest absolute Gasteiger partial charge is 0.383 e. The van der Waals surface area contributed by atoms with Gasteiger partial charge in [-0.3, -0.25) is 14.5 Å². The molecule has 1 aliphatic rings. The Balaban J connectivity index is 1.92. The number of amides is 2. The molecule has 3 aromatic rings. The van der Waals surface area contributed by atoms with E-state index in [1.54, 1.807) is 35.1 Å². The van der Waals surface area contributed by atoms with Gasteiger partial charge in [0.05, 0.1) is 29.0 Å². The zero-order valence-electron chi connectivity index (χ0n) is 20.8. The van der Waals surface area contributed by atoms with Gasteiger partial charge >= 0.3 is 0 Å². The number of anilines is 1. The summed E-state index contributed by atoms with van der Waals surface area (Å²) >= 11 is 3.28. The molecular formula is C26H32N4O3S2. The number of hydrogen-bond acceptors (Lipinski definition) is 6. The number of carbonyl (C=O) groups excluding carboxylic acids is 2. The quantitative estimate of drug-likeness (QED) is 0.473. The van der Waals surface area contributed by atoms with E-state index < -0.39 is 0 Å². The first-order chi connectivity index (χ1) is 16.7. The maximum Gasteiger partial charge on any atom is 0.240 e. The van der Waals surface area contributed by atoms with Crippen LogP contribution in [0.15, 0.2) is 41.8 Å². The van der Waals surface area contributed by atoms with Crippen LogP contribution in [0.1, 0.15) is 47.7 Å². The lowest BCUT2D eigenvalue weighted by Crippen LogP contribution is -2.43. The molecule has 3 heterocycles. The van der Waals surface area contributed by atoms with Crippen molar-refractivity contribution in [1.82, 2.24) is 15.1 Å². The van der Waals surface area contributed by atoms with Gasteiger partial charge in [0.25, 0.3) is 0 Å². The number of hydrogen-bond donors (Lipinski definition) is 1. The Kier molecular flexibility index (Phi) is 7.68. The summed E-state index contributed by atoms with van der Waals surface area (Å²) < 4.78 is 6.90. The summed E-state index contributed by atoms with van der Waals surface area (Å²) in [4.78, 5) is 29.2. The summed E-state index contributed by atoms with van der Waals surface area (Å²) in [6.07, 6.45) is 0. The third-order valence-corrected chi connectivity index (χ3v) is 8.13. The van der Waals surface area contributed by atoms with Crippen molar-refractivity contribution in [3.05, 3.63) is 63.5 Å². The molecule has 4 rings (SSSR count). The van der Waals surface area contributed by atoms with Crippen molar-refractivity contribution < 1.29 is 14.3 Å². The first-order valence-electron chi connectivity index (χ1n) is 11.6. The van der Waals surface area contributed by atoms with Gasteiger partial charge in [-0.05, 0) is 30.5 Å². The van der Waals surface area contributed by atoms with Gasteiger partial charge in [-0.1, -0.05) is 44.5 Å². The molecule has 0 aliphatic carbocycles. The molecule has 1 atom stereocenters. The number of nitrogens with one attached hydrogen (secondary N) is 1. The van der Waals surface area contributed by atoms with Gasteiger partial charge in [0.2, 0.25) is 11.8 Å². The monoisotopic (exact) mass is 512 g/mol. The third kappa shape index (κ3) is 5.47. The lowest BCUT2D eigenvalue weighted by molar-refractivity contribution is -0.123. The number of methoxy groups -OCH3 is 1. The molecule has 186 valence electrons. The maximum absolute atomic E-state index is 13.5. The molecule has 1 N–H and O–H groups in total. The Labute approximate surface area is 214 Å². The van der Waals surface area contributed by atoms with E-state index in [9.17, 15) is 9.59 Å². The molecule has 2 amide bonds. The van der Waals surface area contributed by atoms with Gasteiger partial charge in [0.15, 0.2) is 0 Å². The van der Waals surface area contributed by atoms with E-state index in [1.165, 1.54) is 4.88 Å². The number of ether oxygens (including phenoxy) is 1. The van der Waals surface area contributed by atoms with E-state index in [0.29, 0.717) is 19.0 Å². The Morgan fingerprint density at radius 2 is 1.97 bits per heavy atom. The number of thioether (sulfide) groups is 1. The molecule has 0 spiro atoms. The van der Waals surface area contributed by atoms with E-state index in [1.807, 2.05) is 41.9 Å². The molecule has 35 heavy (non-hydrogen) atoms. The minimum absolute atomic E-state index is 0.0519. The Hall–Kier alpha value is -2.62. The van der Waals surface area contributed by atoms with E-state index in [-0.39, 0.29) is 34.8 Å². The van der Waals surface area contributed by atoms with Crippen molar-refractivity contribution in [2.45, 2.75) is 38.4 Å². The molecule has 9 heteroatoms. The van der Waals surface area contributed by atoms with Crippen LogP contribution in [0.4, 0.5) is 5.82 Å². The molecule has 0 unspecified atom stereocenters. The van der Waals surface area contributed by atoms with Crippen LogP contribution < -0.4 is 10.2 Å². The molecule has 1 aliphatic heterocycles. The number of carbonyl (C=O) groups is 2. The van der Waals surface area contributed by atoms with Crippen LogP contribution in [-0.4, -0.2) is 54.2 Å². The van der Waals surface area contributed by atoms with Crippen LogP contribution in [0.3, 0.4) is 0 Å². The molecule has 0 saturated heterocycles. The van der Waals surface area contributed by atoms with E-state index in [4.69, 9.17) is 9.84 Å². The van der Waals surface area contributed by atoms with Gasteiger partial charge in [-0.2, -0.15) is 5.10 Å². The third-order valence-electron chi connectivity index (χ3n) is 5.81. The SMILES string of the molecule is COCCNC(=O)CN1C(=O)CS[C@@H](c2cccs2)c2c(C(C)(C)C)nn(-c3ccc(C)cc3)c21. The zero-order valence-corrected chi connectivity index (χ0v) is 22.5. The molecule has 0 radical (unpaired) electrons. The number of benzene rings is 1. The van der Waals surface area contributed by atoms with Crippen LogP contribution in [0.2, 0.25) is 0 Å². The van der Waals surface area contributed by atoms with Crippen molar-refractivity contribution in [3.8, 4) is 5.69 Å². The molecule has 1 aromatic carbocycles. The maximum atomic E-state index is 13.5. The highest BCUT2D eigenvalue weighted by Gasteiger charge is 2.40. The normalized spacial score (nSPS) is 16.2. The van der Waals surface area contributed by atoms with Crippen molar-refractivity contribution in [2.75, 3.05) is 37.5 Å². The molecule has 7 nitrogen and oxygen atoms in total. The van der Waals surface area contributed by atoms with Gasteiger partial charge in [-0.25, -0.2) is 4.68 Å². The van der Waals surface area contributed by atoms with Gasteiger partial charge in [0, 0.05) is 29.5 Å². The van der Waals surface area contributed by atoms with Crippen LogP contribution in [0, 0.1) is 6.92 Å². The molecule has 0 bridgehead atoms. The number of nitrogens with zero attached hydrogens (tertiary/aromatic N) is 3. The van der Waals surface area contributed by atoms with Crippen LogP contribution >= 0.6 is 23.1 Å². The second-order valence-corrected chi connectivity index (χ2v) is 11.7. The Bertz CT molecular complexity index is 1180. The van der Waals surface area contributed by atoms with Crippen LogP contribution in [-0.2, 0) is 19.7 Å². The minimum atomic E-state index is -0.268. The summed E-state index contributed by atoms with van der Waals surface area (Å²) in [6, 6.07) is 12.2. The second-order valence-electron chi connectivity index (χ2n) is 9.61. The molecular weight excluding hydrogens is 480 g/mol. The lowest BCUT2D eigenvalue weighted by Gasteiger charge is -2.24. The predicted molar refractivity (Wildman–Crippen MR) is 143 cm³/mol. The molecule has 0 saturated carbocycles. The first-order valence-corrected chi connectivity index (χ1v) is 13.5. The Morgan fingerprint density at radius 3 is 2.60 bits per heavy atom. The van der Waals surface area contributed by atoms with Crippen molar-refractivity contribution >= 4 is 40.7 Å². The summed E-state index contributed by atoms with van der Waals surface area (Å²) in [7, 11) is 1.59. The number of rotatable bonds is 7. The van der Waals surface area contributed by atoms with E-state index in [2.05, 4.69) is 37.5 Å². The highest BCUT2D eigenvalue weighted by molar-refractivity contribution is 8.00. The van der Waals surface area contributed by atoms with Crippen LogP contribution in [0.5, 0.6) is 0 Å². The standard InChI is InChI=1S/C26H32N4O3S2/c1-17-8-10-18(11-9-17)30-25-22(24(28-30)26(2,3)4)23(19-7-6-14-34-19)35-16-21(32)29(25)15-20(31)27-12-13-33-5/h6-11,14,23H,12-13,15-16H2,1-5H3,(H,27,31)/t23-/m0/s1. The Morgan fingerprint density at radius 1 is 1.23 bits per heavy atom. The number of fused-ring (bicyclic) bond motifs is 1. The fraction of sp³-hybridized carbons (Fsp3) is 0.423. The highest BCUT2D eigenvalue weighted by atomic mass is 32.2.